The number of thiazole rings is 1. The van der Waals surface area contributed by atoms with Gasteiger partial charge in [0.1, 0.15) is 15.5 Å². The average molecular weight is 618 g/mol. The number of carbonyl (C=O) groups excluding carboxylic acids is 1. The van der Waals surface area contributed by atoms with Crippen molar-refractivity contribution < 1.29 is 9.53 Å². The molecule has 4 rings (SSSR count). The number of nitrogens with two attached hydrogens (primary N) is 2. The van der Waals surface area contributed by atoms with Crippen molar-refractivity contribution in [3.63, 3.8) is 0 Å². The molecule has 0 radical (unpaired) electrons. The number of nitrogens with one attached hydrogen (secondary N) is 1. The summed E-state index contributed by atoms with van der Waals surface area (Å²) in [7, 11) is 5.14. The number of anilines is 1. The Kier molecular flexibility index (Phi) is 21.1. The third-order valence-corrected chi connectivity index (χ3v) is 8.10. The number of allylic oxidation sites excluding steroid dienone is 1. The van der Waals surface area contributed by atoms with E-state index in [1.807, 2.05) is 78.4 Å². The number of benzene rings is 1. The zero-order valence-electron chi connectivity index (χ0n) is 25.9. The molecule has 0 saturated heterocycles. The summed E-state index contributed by atoms with van der Waals surface area (Å²) in [6.45, 7) is 12.1. The minimum absolute atomic E-state index is 0.364. The van der Waals surface area contributed by atoms with Crippen LogP contribution in [0.5, 0.6) is 0 Å². The maximum absolute atomic E-state index is 12.1. The highest BCUT2D eigenvalue weighted by molar-refractivity contribution is 8.01. The van der Waals surface area contributed by atoms with Crippen molar-refractivity contribution in [2.45, 2.75) is 58.6 Å². The first-order valence-corrected chi connectivity index (χ1v) is 16.5. The van der Waals surface area contributed by atoms with E-state index < -0.39 is 0 Å². The molecule has 1 aromatic carbocycles. The van der Waals surface area contributed by atoms with Crippen molar-refractivity contribution >= 4 is 56.3 Å². The van der Waals surface area contributed by atoms with Crippen LogP contribution in [0.1, 0.15) is 64.7 Å². The van der Waals surface area contributed by atoms with Crippen LogP contribution in [0.3, 0.4) is 0 Å². The second kappa shape index (κ2) is 22.7. The molecule has 41 heavy (non-hydrogen) atoms. The Labute approximate surface area is 258 Å². The van der Waals surface area contributed by atoms with Crippen LogP contribution < -0.4 is 16.8 Å². The van der Waals surface area contributed by atoms with Gasteiger partial charge < -0.3 is 21.5 Å². The van der Waals surface area contributed by atoms with Gasteiger partial charge in [-0.25, -0.2) is 14.8 Å². The molecule has 0 aliphatic carbocycles. The van der Waals surface area contributed by atoms with Crippen molar-refractivity contribution in [2.75, 3.05) is 32.7 Å². The number of ether oxygens (including phenoxy) is 1. The predicted octanol–water partition coefficient (Wildman–Crippen LogP) is 8.71. The third kappa shape index (κ3) is 11.8. The molecule has 0 atom stereocenters. The summed E-state index contributed by atoms with van der Waals surface area (Å²) >= 11 is 4.95. The van der Waals surface area contributed by atoms with Gasteiger partial charge in [0.05, 0.1) is 22.6 Å². The van der Waals surface area contributed by atoms with E-state index in [0.717, 1.165) is 60.5 Å². The Morgan fingerprint density at radius 1 is 1.17 bits per heavy atom. The molecule has 226 valence electrons. The molecule has 0 bridgehead atoms. The van der Waals surface area contributed by atoms with E-state index in [2.05, 4.69) is 17.2 Å². The van der Waals surface area contributed by atoms with Crippen LogP contribution in [0.15, 0.2) is 58.4 Å². The molecule has 0 aliphatic heterocycles. The quantitative estimate of drug-likeness (QED) is 0.107. The van der Waals surface area contributed by atoms with Crippen molar-refractivity contribution in [1.82, 2.24) is 15.3 Å². The Bertz CT molecular complexity index is 1280. The minimum atomic E-state index is -0.364. The number of hydrogen-bond donors (Lipinski definition) is 3. The van der Waals surface area contributed by atoms with E-state index in [9.17, 15) is 4.79 Å². The number of rotatable bonds is 7. The number of fused-ring (bicyclic) bond motifs is 1. The Balaban J connectivity index is 0.00000127. The number of pyridine rings is 1. The molecule has 3 heterocycles. The van der Waals surface area contributed by atoms with Crippen LogP contribution in [-0.4, -0.2) is 42.9 Å². The fraction of sp³-hybridized carbons (Fsp3) is 0.387. The summed E-state index contributed by atoms with van der Waals surface area (Å²) in [6, 6.07) is 9.44. The number of nitrogen functional groups attached to an aromatic ring is 1. The smallest absolute Gasteiger partial charge is 0.337 e. The average Bonchev–Trinajstić information content (AvgIpc) is 3.68. The Morgan fingerprint density at radius 2 is 1.83 bits per heavy atom. The van der Waals surface area contributed by atoms with E-state index >= 15 is 0 Å². The summed E-state index contributed by atoms with van der Waals surface area (Å²) < 4.78 is 5.98. The summed E-state index contributed by atoms with van der Waals surface area (Å²) in [5.74, 6) is 0.663. The first kappa shape index (κ1) is 38.1. The molecule has 5 N–H and O–H groups in total. The van der Waals surface area contributed by atoms with Crippen LogP contribution in [0.25, 0.3) is 32.0 Å². The second-order valence-corrected chi connectivity index (χ2v) is 10.9. The molecule has 3 aromatic heterocycles. The van der Waals surface area contributed by atoms with Gasteiger partial charge in [0.2, 0.25) is 0 Å². The van der Waals surface area contributed by atoms with Gasteiger partial charge in [-0.05, 0) is 68.7 Å². The zero-order chi connectivity index (χ0) is 31.2. The van der Waals surface area contributed by atoms with E-state index in [1.54, 1.807) is 52.8 Å². The van der Waals surface area contributed by atoms with Crippen LogP contribution in [-0.2, 0) is 4.74 Å². The lowest BCUT2D eigenvalue weighted by Gasteiger charge is -2.09. The normalized spacial score (nSPS) is 9.78. The molecule has 0 aliphatic rings. The molecular formula is C31H47N5O2S3. The first-order chi connectivity index (χ1) is 19.9. The van der Waals surface area contributed by atoms with Gasteiger partial charge in [-0.15, -0.1) is 34.4 Å². The summed E-state index contributed by atoms with van der Waals surface area (Å²) in [6.07, 6.45) is 7.35. The minimum Gasteiger partial charge on any atom is -0.465 e. The molecule has 0 saturated carbocycles. The van der Waals surface area contributed by atoms with Crippen LogP contribution in [0, 0.1) is 0 Å². The number of nitrogens with zero attached hydrogens (tertiary/aromatic N) is 2. The lowest BCUT2D eigenvalue weighted by molar-refractivity contribution is 0.0601. The van der Waals surface area contributed by atoms with E-state index in [4.69, 9.17) is 21.2 Å². The molecule has 0 unspecified atom stereocenters. The van der Waals surface area contributed by atoms with Crippen molar-refractivity contribution in [2.24, 2.45) is 5.73 Å². The van der Waals surface area contributed by atoms with Gasteiger partial charge in [-0.1, -0.05) is 59.2 Å². The van der Waals surface area contributed by atoms with Gasteiger partial charge in [-0.3, -0.25) is 0 Å². The molecule has 10 heteroatoms. The van der Waals surface area contributed by atoms with Gasteiger partial charge in [0, 0.05) is 17.0 Å². The first-order valence-electron chi connectivity index (χ1n) is 13.8. The SMILES string of the molecule is C/C=C\N.CC.CC.CCCCSc1sc2nc(-c3nccs3)cc(-c3cccc(C(=O)OC)c3)c2c1N.CNC. The number of carbonyl (C=O) groups is 1. The highest BCUT2D eigenvalue weighted by Crippen LogP contribution is 2.45. The van der Waals surface area contributed by atoms with Crippen LogP contribution in [0.4, 0.5) is 5.69 Å². The van der Waals surface area contributed by atoms with Gasteiger partial charge in [-0.2, -0.15) is 0 Å². The maximum atomic E-state index is 12.1. The molecule has 0 fully saturated rings. The number of thioether (sulfide) groups is 1. The Hall–Kier alpha value is -2.92. The number of aromatic nitrogens is 2. The van der Waals surface area contributed by atoms with E-state index in [0.29, 0.717) is 5.56 Å². The standard InChI is InChI=1S/C22H21N3O2S3.C3H7N.C2H7N.2C2H6/c1-3-4-9-29-22-18(23)17-15(13-6-5-7-14(11-13)21(26)27-2)12-16(25-20(17)30-22)19-24-8-10-28-19;1-2-3-4;1-3-2;2*1-2/h5-8,10-12H,3-4,9,23H2,1-2H3;2-3H,4H2,1H3;3H,1-2H3;2*1-2H3/b;3-2-;;;. The fourth-order valence-electron chi connectivity index (χ4n) is 3.14. The number of esters is 1. The number of hydrogen-bond acceptors (Lipinski definition) is 10. The van der Waals surface area contributed by atoms with Gasteiger partial charge in [0.15, 0.2) is 0 Å². The van der Waals surface area contributed by atoms with Crippen molar-refractivity contribution in [3.8, 4) is 21.8 Å². The monoisotopic (exact) mass is 617 g/mol. The van der Waals surface area contributed by atoms with Crippen LogP contribution >= 0.6 is 34.4 Å². The topological polar surface area (TPSA) is 116 Å². The fourth-order valence-corrected chi connectivity index (χ4v) is 6.19. The molecular weight excluding hydrogens is 571 g/mol. The number of thiophene rings is 1. The highest BCUT2D eigenvalue weighted by Gasteiger charge is 2.19. The molecule has 0 amide bonds. The zero-order valence-corrected chi connectivity index (χ0v) is 28.4. The molecule has 0 spiro atoms. The summed E-state index contributed by atoms with van der Waals surface area (Å²) in [5.41, 5.74) is 15.4. The Morgan fingerprint density at radius 3 is 2.37 bits per heavy atom. The van der Waals surface area contributed by atoms with Gasteiger partial charge in [0.25, 0.3) is 0 Å². The summed E-state index contributed by atoms with van der Waals surface area (Å²) in [5, 5.41) is 6.48. The number of unbranched alkanes of at least 4 members (excludes halogenated alkanes) is 1. The maximum Gasteiger partial charge on any atom is 0.337 e. The molecule has 4 aromatic rings. The second-order valence-electron chi connectivity index (χ2n) is 7.68. The highest BCUT2D eigenvalue weighted by atomic mass is 32.2. The van der Waals surface area contributed by atoms with Crippen molar-refractivity contribution in [1.29, 1.82) is 0 Å². The van der Waals surface area contributed by atoms with Crippen molar-refractivity contribution in [3.05, 3.63) is 59.7 Å². The molecule has 7 nitrogen and oxygen atoms in total. The largest absolute Gasteiger partial charge is 0.465 e. The van der Waals surface area contributed by atoms with Gasteiger partial charge >= 0.3 is 5.97 Å². The van der Waals surface area contributed by atoms with E-state index in [1.165, 1.54) is 13.3 Å². The predicted molar refractivity (Wildman–Crippen MR) is 184 cm³/mol. The van der Waals surface area contributed by atoms with E-state index in [-0.39, 0.29) is 5.97 Å². The lowest BCUT2D eigenvalue weighted by atomic mass is 10.00. The third-order valence-electron chi connectivity index (χ3n) is 4.83. The number of methoxy groups -OCH3 is 1. The summed E-state index contributed by atoms with van der Waals surface area (Å²) in [4.78, 5) is 22.2. The van der Waals surface area contributed by atoms with Crippen LogP contribution in [0.2, 0.25) is 0 Å². The lowest BCUT2D eigenvalue weighted by Crippen LogP contribution is -2.01.